The largest absolute Gasteiger partial charge is 0.427 e. The molecule has 0 radical (unpaired) electrons. The average molecular weight is 255 g/mol. The Morgan fingerprint density at radius 1 is 1.33 bits per heavy atom. The van der Waals surface area contributed by atoms with E-state index in [0.717, 1.165) is 6.07 Å². The fourth-order valence-electron chi connectivity index (χ4n) is 1.07. The van der Waals surface area contributed by atoms with Gasteiger partial charge in [0, 0.05) is 19.4 Å². The maximum atomic E-state index is 13.2. The second-order valence-corrected chi connectivity index (χ2v) is 3.14. The Morgan fingerprint density at radius 2 is 1.94 bits per heavy atom. The Hall–Kier alpha value is -1.91. The standard InChI is InChI=1S/C11H12FNO3.C2H6/c1-3-11(15)13-10-6-8(16-7(2)14)4-5-9(10)12;1-2/h4-6H,3H2,1-2H3,(H,13,15);1-2H3. The molecule has 1 rings (SSSR count). The fourth-order valence-corrected chi connectivity index (χ4v) is 1.07. The third kappa shape index (κ3) is 5.43. The number of rotatable bonds is 3. The summed E-state index contributed by atoms with van der Waals surface area (Å²) in [5.74, 6) is -1.18. The minimum atomic E-state index is -0.572. The van der Waals surface area contributed by atoms with Crippen LogP contribution in [0.3, 0.4) is 0 Å². The summed E-state index contributed by atoms with van der Waals surface area (Å²) < 4.78 is 18.0. The maximum absolute atomic E-state index is 13.2. The van der Waals surface area contributed by atoms with E-state index < -0.39 is 11.8 Å². The molecule has 0 spiro atoms. The van der Waals surface area contributed by atoms with Gasteiger partial charge in [0.25, 0.3) is 0 Å². The number of nitrogens with one attached hydrogen (secondary N) is 1. The topological polar surface area (TPSA) is 55.4 Å². The average Bonchev–Trinajstić information content (AvgIpc) is 2.35. The van der Waals surface area contributed by atoms with Crippen molar-refractivity contribution >= 4 is 17.6 Å². The number of benzene rings is 1. The summed E-state index contributed by atoms with van der Waals surface area (Å²) in [4.78, 5) is 21.8. The number of hydrogen-bond donors (Lipinski definition) is 1. The smallest absolute Gasteiger partial charge is 0.308 e. The molecule has 18 heavy (non-hydrogen) atoms. The molecule has 0 unspecified atom stereocenters. The van der Waals surface area contributed by atoms with Gasteiger partial charge in [-0.25, -0.2) is 4.39 Å². The summed E-state index contributed by atoms with van der Waals surface area (Å²) in [6, 6.07) is 3.71. The summed E-state index contributed by atoms with van der Waals surface area (Å²) in [6.07, 6.45) is 0.247. The quantitative estimate of drug-likeness (QED) is 0.667. The van der Waals surface area contributed by atoms with Crippen molar-refractivity contribution in [3.8, 4) is 5.75 Å². The van der Waals surface area contributed by atoms with Crippen LogP contribution in [0.15, 0.2) is 18.2 Å². The molecule has 0 bridgehead atoms. The Balaban J connectivity index is 0.00000137. The highest BCUT2D eigenvalue weighted by Gasteiger charge is 2.08. The normalized spacial score (nSPS) is 8.94. The Kier molecular flexibility index (Phi) is 7.35. The fraction of sp³-hybridized carbons (Fsp3) is 0.385. The van der Waals surface area contributed by atoms with Gasteiger partial charge in [0.2, 0.25) is 5.91 Å². The van der Waals surface area contributed by atoms with Crippen molar-refractivity contribution < 1.29 is 18.7 Å². The van der Waals surface area contributed by atoms with Crippen LogP contribution in [0.25, 0.3) is 0 Å². The summed E-state index contributed by atoms with van der Waals surface area (Å²) in [7, 11) is 0. The molecular weight excluding hydrogens is 237 g/mol. The Bertz CT molecular complexity index is 419. The van der Waals surface area contributed by atoms with E-state index in [9.17, 15) is 14.0 Å². The monoisotopic (exact) mass is 255 g/mol. The first-order valence-corrected chi connectivity index (χ1v) is 5.80. The SMILES string of the molecule is CC.CCC(=O)Nc1cc(OC(C)=O)ccc1F. The first-order chi connectivity index (χ1) is 8.52. The molecule has 0 atom stereocenters. The van der Waals surface area contributed by atoms with Crippen LogP contribution in [0.4, 0.5) is 10.1 Å². The molecule has 1 amide bonds. The second kappa shape index (κ2) is 8.22. The molecule has 100 valence electrons. The van der Waals surface area contributed by atoms with Crippen LogP contribution in [0.1, 0.15) is 34.1 Å². The van der Waals surface area contributed by atoms with Crippen LogP contribution in [0, 0.1) is 5.82 Å². The Labute approximate surface area is 106 Å². The Morgan fingerprint density at radius 3 is 2.44 bits per heavy atom. The van der Waals surface area contributed by atoms with Crippen LogP contribution in [0.5, 0.6) is 5.75 Å². The molecule has 0 aliphatic rings. The number of amides is 1. The van der Waals surface area contributed by atoms with E-state index in [2.05, 4.69) is 5.32 Å². The minimum absolute atomic E-state index is 0.00519. The van der Waals surface area contributed by atoms with Gasteiger partial charge in [0.15, 0.2) is 0 Å². The van der Waals surface area contributed by atoms with Crippen LogP contribution in [-0.2, 0) is 9.59 Å². The van der Waals surface area contributed by atoms with E-state index in [1.807, 2.05) is 13.8 Å². The molecule has 0 saturated heterocycles. The van der Waals surface area contributed by atoms with Gasteiger partial charge in [-0.1, -0.05) is 20.8 Å². The third-order valence-corrected chi connectivity index (χ3v) is 1.79. The van der Waals surface area contributed by atoms with E-state index >= 15 is 0 Å². The molecule has 5 heteroatoms. The number of ether oxygens (including phenoxy) is 1. The number of hydrogen-bond acceptors (Lipinski definition) is 3. The molecule has 0 saturated carbocycles. The number of halogens is 1. The molecule has 4 nitrogen and oxygen atoms in total. The van der Waals surface area contributed by atoms with Crippen molar-refractivity contribution in [2.75, 3.05) is 5.32 Å². The van der Waals surface area contributed by atoms with E-state index in [-0.39, 0.29) is 23.8 Å². The van der Waals surface area contributed by atoms with Crippen LogP contribution >= 0.6 is 0 Å². The van der Waals surface area contributed by atoms with Gasteiger partial charge in [-0.3, -0.25) is 9.59 Å². The van der Waals surface area contributed by atoms with E-state index in [1.165, 1.54) is 19.1 Å². The third-order valence-electron chi connectivity index (χ3n) is 1.79. The summed E-state index contributed by atoms with van der Waals surface area (Å²) >= 11 is 0. The molecule has 0 heterocycles. The molecular formula is C13H18FNO3. The molecule has 0 aromatic heterocycles. The van der Waals surface area contributed by atoms with Crippen LogP contribution < -0.4 is 10.1 Å². The zero-order chi connectivity index (χ0) is 14.1. The number of carbonyl (C=O) groups excluding carboxylic acids is 2. The van der Waals surface area contributed by atoms with E-state index in [4.69, 9.17) is 4.74 Å². The van der Waals surface area contributed by atoms with E-state index in [0.29, 0.717) is 0 Å². The van der Waals surface area contributed by atoms with Crippen molar-refractivity contribution in [1.82, 2.24) is 0 Å². The molecule has 0 fully saturated rings. The lowest BCUT2D eigenvalue weighted by atomic mass is 10.2. The van der Waals surface area contributed by atoms with Crippen LogP contribution in [0.2, 0.25) is 0 Å². The highest BCUT2D eigenvalue weighted by atomic mass is 19.1. The van der Waals surface area contributed by atoms with Crippen molar-refractivity contribution in [3.05, 3.63) is 24.0 Å². The van der Waals surface area contributed by atoms with Crippen molar-refractivity contribution in [2.45, 2.75) is 34.1 Å². The zero-order valence-corrected chi connectivity index (χ0v) is 11.0. The minimum Gasteiger partial charge on any atom is -0.427 e. The predicted octanol–water partition coefficient (Wildman–Crippen LogP) is 3.13. The number of carbonyl (C=O) groups is 2. The predicted molar refractivity (Wildman–Crippen MR) is 68.0 cm³/mol. The lowest BCUT2D eigenvalue weighted by molar-refractivity contribution is -0.131. The first kappa shape index (κ1) is 16.1. The van der Waals surface area contributed by atoms with Gasteiger partial charge in [0.05, 0.1) is 5.69 Å². The number of anilines is 1. The molecule has 0 aliphatic carbocycles. The summed E-state index contributed by atoms with van der Waals surface area (Å²) in [6.45, 7) is 6.90. The molecule has 1 aromatic carbocycles. The van der Waals surface area contributed by atoms with Gasteiger partial charge in [0.1, 0.15) is 11.6 Å². The van der Waals surface area contributed by atoms with Gasteiger partial charge in [-0.2, -0.15) is 0 Å². The van der Waals surface area contributed by atoms with Gasteiger partial charge in [-0.15, -0.1) is 0 Å². The zero-order valence-electron chi connectivity index (χ0n) is 11.0. The summed E-state index contributed by atoms with van der Waals surface area (Å²) in [5.41, 5.74) is 0.00519. The van der Waals surface area contributed by atoms with Gasteiger partial charge < -0.3 is 10.1 Å². The first-order valence-electron chi connectivity index (χ1n) is 5.80. The molecule has 1 aromatic rings. The lowest BCUT2D eigenvalue weighted by Gasteiger charge is -2.07. The van der Waals surface area contributed by atoms with E-state index in [1.54, 1.807) is 6.92 Å². The molecule has 1 N–H and O–H groups in total. The highest BCUT2D eigenvalue weighted by Crippen LogP contribution is 2.21. The lowest BCUT2D eigenvalue weighted by Crippen LogP contribution is -2.11. The highest BCUT2D eigenvalue weighted by molar-refractivity contribution is 5.90. The summed E-state index contributed by atoms with van der Waals surface area (Å²) in [5, 5.41) is 2.37. The van der Waals surface area contributed by atoms with Crippen molar-refractivity contribution in [1.29, 1.82) is 0 Å². The maximum Gasteiger partial charge on any atom is 0.308 e. The van der Waals surface area contributed by atoms with Gasteiger partial charge in [-0.05, 0) is 12.1 Å². The van der Waals surface area contributed by atoms with Crippen molar-refractivity contribution in [2.24, 2.45) is 0 Å². The second-order valence-electron chi connectivity index (χ2n) is 3.14. The van der Waals surface area contributed by atoms with Gasteiger partial charge >= 0.3 is 5.97 Å². The van der Waals surface area contributed by atoms with Crippen LogP contribution in [-0.4, -0.2) is 11.9 Å². The van der Waals surface area contributed by atoms with Crippen molar-refractivity contribution in [3.63, 3.8) is 0 Å². The molecule has 0 aliphatic heterocycles. The number of esters is 1.